The molecule has 2 rings (SSSR count). The Kier molecular flexibility index (Phi) is 6.64. The van der Waals surface area contributed by atoms with Crippen molar-refractivity contribution in [2.75, 3.05) is 6.61 Å². The van der Waals surface area contributed by atoms with E-state index in [0.29, 0.717) is 0 Å². The summed E-state index contributed by atoms with van der Waals surface area (Å²) in [6, 6.07) is 12.3. The number of benzene rings is 2. The van der Waals surface area contributed by atoms with Crippen LogP contribution in [0, 0.1) is 0 Å². The first-order valence-corrected chi connectivity index (χ1v) is 7.74. The van der Waals surface area contributed by atoms with Crippen LogP contribution in [0.3, 0.4) is 0 Å². The predicted molar refractivity (Wildman–Crippen MR) is 88.1 cm³/mol. The molecule has 0 spiro atoms. The van der Waals surface area contributed by atoms with Crippen LogP contribution in [-0.2, 0) is 16.1 Å². The van der Waals surface area contributed by atoms with Crippen LogP contribution in [0.1, 0.15) is 17.2 Å². The molecule has 0 aliphatic heterocycles. The molecule has 0 bridgehead atoms. The van der Waals surface area contributed by atoms with Gasteiger partial charge in [-0.1, -0.05) is 42.5 Å². The number of nitrogens with one attached hydrogen (secondary N) is 1. The molecular weight excluding hydrogens is 367 g/mol. The zero-order chi connectivity index (χ0) is 19.9. The Morgan fingerprint density at radius 3 is 2.22 bits per heavy atom. The van der Waals surface area contributed by atoms with Crippen LogP contribution in [0.2, 0.25) is 0 Å². The van der Waals surface area contributed by atoms with Gasteiger partial charge in [-0.25, -0.2) is 9.59 Å². The molecule has 1 atom stereocenters. The molecule has 27 heavy (non-hydrogen) atoms. The van der Waals surface area contributed by atoms with Gasteiger partial charge in [-0.05, 0) is 23.3 Å². The van der Waals surface area contributed by atoms with E-state index in [1.54, 1.807) is 30.3 Å². The topological polar surface area (TPSA) is 84.9 Å². The Bertz CT molecular complexity index is 763. The standard InChI is InChI=1S/C18H16F3NO5/c19-18(20,21)11-27-14-8-6-13(7-9-14)15(16(23)24)22-17(25)26-10-12-4-2-1-3-5-12/h1-9,15H,10-11H2,(H,22,25)(H,23,24). The van der Waals surface area contributed by atoms with Gasteiger partial charge in [0.05, 0.1) is 0 Å². The second-order valence-corrected chi connectivity index (χ2v) is 5.45. The third-order valence-corrected chi connectivity index (χ3v) is 3.34. The van der Waals surface area contributed by atoms with Crippen molar-refractivity contribution in [3.63, 3.8) is 0 Å². The van der Waals surface area contributed by atoms with Gasteiger partial charge in [0.15, 0.2) is 12.6 Å². The Hall–Kier alpha value is -3.23. The number of alkyl carbamates (subject to hydrolysis) is 1. The van der Waals surface area contributed by atoms with Crippen molar-refractivity contribution < 1.29 is 37.3 Å². The number of amides is 1. The minimum Gasteiger partial charge on any atom is -0.484 e. The van der Waals surface area contributed by atoms with Crippen molar-refractivity contribution in [2.45, 2.75) is 18.8 Å². The molecule has 2 N–H and O–H groups in total. The van der Waals surface area contributed by atoms with Gasteiger partial charge in [-0.15, -0.1) is 0 Å². The van der Waals surface area contributed by atoms with Crippen LogP contribution in [0.25, 0.3) is 0 Å². The number of rotatable bonds is 7. The summed E-state index contributed by atoms with van der Waals surface area (Å²) in [7, 11) is 0. The molecule has 0 aliphatic rings. The predicted octanol–water partition coefficient (Wildman–Crippen LogP) is 3.68. The Balaban J connectivity index is 1.95. The van der Waals surface area contributed by atoms with Gasteiger partial charge in [0.25, 0.3) is 0 Å². The SMILES string of the molecule is O=C(NC(C(=O)O)c1ccc(OCC(F)(F)F)cc1)OCc1ccccc1. The van der Waals surface area contributed by atoms with E-state index in [9.17, 15) is 27.9 Å². The summed E-state index contributed by atoms with van der Waals surface area (Å²) in [6.45, 7) is -1.50. The highest BCUT2D eigenvalue weighted by Crippen LogP contribution is 2.21. The minimum atomic E-state index is -4.48. The Morgan fingerprint density at radius 2 is 1.67 bits per heavy atom. The molecule has 1 unspecified atom stereocenters. The van der Waals surface area contributed by atoms with Crippen molar-refractivity contribution in [1.82, 2.24) is 5.32 Å². The van der Waals surface area contributed by atoms with Crippen LogP contribution in [0.15, 0.2) is 54.6 Å². The third-order valence-electron chi connectivity index (χ3n) is 3.34. The number of carbonyl (C=O) groups is 2. The molecule has 0 saturated carbocycles. The van der Waals surface area contributed by atoms with Crippen molar-refractivity contribution in [2.24, 2.45) is 0 Å². The molecule has 0 fully saturated rings. The van der Waals surface area contributed by atoms with Gasteiger partial charge in [0.1, 0.15) is 12.4 Å². The largest absolute Gasteiger partial charge is 0.484 e. The van der Waals surface area contributed by atoms with E-state index in [1.165, 1.54) is 24.3 Å². The van der Waals surface area contributed by atoms with Gasteiger partial charge in [-0.2, -0.15) is 13.2 Å². The Labute approximate surface area is 152 Å². The summed E-state index contributed by atoms with van der Waals surface area (Å²) in [4.78, 5) is 23.2. The first kappa shape index (κ1) is 20.1. The van der Waals surface area contributed by atoms with Crippen molar-refractivity contribution in [3.05, 3.63) is 65.7 Å². The second-order valence-electron chi connectivity index (χ2n) is 5.45. The Morgan fingerprint density at radius 1 is 1.04 bits per heavy atom. The maximum Gasteiger partial charge on any atom is 0.422 e. The number of carboxylic acid groups (broad SMARTS) is 1. The molecule has 1 amide bonds. The van der Waals surface area contributed by atoms with Crippen LogP contribution in [-0.4, -0.2) is 30.0 Å². The average molecular weight is 383 g/mol. The zero-order valence-corrected chi connectivity index (χ0v) is 13.9. The highest BCUT2D eigenvalue weighted by molar-refractivity contribution is 5.81. The summed E-state index contributed by atoms with van der Waals surface area (Å²) < 4.78 is 45.9. The fourth-order valence-corrected chi connectivity index (χ4v) is 2.09. The van der Waals surface area contributed by atoms with Gasteiger partial charge < -0.3 is 19.9 Å². The first-order valence-electron chi connectivity index (χ1n) is 7.74. The number of aliphatic carboxylic acids is 1. The van der Waals surface area contributed by atoms with Crippen molar-refractivity contribution in [1.29, 1.82) is 0 Å². The van der Waals surface area contributed by atoms with Gasteiger partial charge in [0.2, 0.25) is 0 Å². The molecule has 9 heteroatoms. The number of hydrogen-bond acceptors (Lipinski definition) is 4. The quantitative estimate of drug-likeness (QED) is 0.762. The molecule has 2 aromatic carbocycles. The van der Waals surface area contributed by atoms with E-state index in [0.717, 1.165) is 5.56 Å². The van der Waals surface area contributed by atoms with Crippen LogP contribution < -0.4 is 10.1 Å². The lowest BCUT2D eigenvalue weighted by molar-refractivity contribution is -0.153. The molecule has 0 aromatic heterocycles. The number of hydrogen-bond donors (Lipinski definition) is 2. The summed E-state index contributed by atoms with van der Waals surface area (Å²) in [5.41, 5.74) is 0.879. The molecule has 0 radical (unpaired) electrons. The minimum absolute atomic E-state index is 0.0385. The lowest BCUT2D eigenvalue weighted by Gasteiger charge is -2.16. The van der Waals surface area contributed by atoms with Crippen molar-refractivity contribution >= 4 is 12.1 Å². The fraction of sp³-hybridized carbons (Fsp3) is 0.222. The smallest absolute Gasteiger partial charge is 0.422 e. The number of carboxylic acids is 1. The average Bonchev–Trinajstić information content (AvgIpc) is 2.63. The van der Waals surface area contributed by atoms with E-state index in [-0.39, 0.29) is 17.9 Å². The molecule has 2 aromatic rings. The highest BCUT2D eigenvalue weighted by Gasteiger charge is 2.28. The van der Waals surface area contributed by atoms with Crippen LogP contribution in [0.5, 0.6) is 5.75 Å². The number of halogens is 3. The maximum absolute atomic E-state index is 12.1. The molecule has 0 saturated heterocycles. The number of alkyl halides is 3. The highest BCUT2D eigenvalue weighted by atomic mass is 19.4. The van der Waals surface area contributed by atoms with E-state index >= 15 is 0 Å². The third kappa shape index (κ3) is 6.89. The van der Waals surface area contributed by atoms with E-state index in [1.807, 2.05) is 0 Å². The zero-order valence-electron chi connectivity index (χ0n) is 13.9. The van der Waals surface area contributed by atoms with Gasteiger partial charge in [0, 0.05) is 0 Å². The van der Waals surface area contributed by atoms with E-state index in [4.69, 9.17) is 4.74 Å². The molecule has 0 aliphatic carbocycles. The van der Waals surface area contributed by atoms with Gasteiger partial charge >= 0.3 is 18.2 Å². The van der Waals surface area contributed by atoms with Crippen LogP contribution in [0.4, 0.5) is 18.0 Å². The summed E-state index contributed by atoms with van der Waals surface area (Å²) in [5.74, 6) is -1.43. The molecule has 144 valence electrons. The normalized spacial score (nSPS) is 12.1. The number of carbonyl (C=O) groups excluding carboxylic acids is 1. The summed E-state index contributed by atoms with van der Waals surface area (Å²) >= 11 is 0. The monoisotopic (exact) mass is 383 g/mol. The lowest BCUT2D eigenvalue weighted by atomic mass is 10.1. The lowest BCUT2D eigenvalue weighted by Crippen LogP contribution is -2.34. The van der Waals surface area contributed by atoms with E-state index < -0.39 is 30.9 Å². The second kappa shape index (κ2) is 8.93. The van der Waals surface area contributed by atoms with E-state index in [2.05, 4.69) is 10.1 Å². The summed E-state index contributed by atoms with van der Waals surface area (Å²) in [5, 5.41) is 11.5. The maximum atomic E-state index is 12.1. The van der Waals surface area contributed by atoms with Crippen LogP contribution >= 0.6 is 0 Å². The van der Waals surface area contributed by atoms with Crippen molar-refractivity contribution in [3.8, 4) is 5.75 Å². The summed E-state index contributed by atoms with van der Waals surface area (Å²) in [6.07, 6.45) is -5.42. The first-order chi connectivity index (χ1) is 12.7. The number of ether oxygens (including phenoxy) is 2. The molecular formula is C18H16F3NO5. The molecule has 0 heterocycles. The molecule has 6 nitrogen and oxygen atoms in total. The van der Waals surface area contributed by atoms with Gasteiger partial charge in [-0.3, -0.25) is 0 Å². The fourth-order valence-electron chi connectivity index (χ4n) is 2.09.